The zero-order chi connectivity index (χ0) is 12.5. The third kappa shape index (κ3) is 1.62. The van der Waals surface area contributed by atoms with Gasteiger partial charge in [-0.3, -0.25) is 5.10 Å². The number of rotatable bonds is 2. The zero-order valence-corrected chi connectivity index (χ0v) is 9.34. The Balaban J connectivity index is 2.01. The van der Waals surface area contributed by atoms with Crippen LogP contribution in [0, 0.1) is 5.82 Å². The van der Waals surface area contributed by atoms with Crippen LogP contribution >= 0.6 is 0 Å². The molecule has 18 heavy (non-hydrogen) atoms. The van der Waals surface area contributed by atoms with Gasteiger partial charge in [-0.15, -0.1) is 0 Å². The fourth-order valence-electron chi connectivity index (χ4n) is 2.02. The van der Waals surface area contributed by atoms with Gasteiger partial charge in [0.15, 0.2) is 11.6 Å². The first-order valence-electron chi connectivity index (χ1n) is 5.47. The van der Waals surface area contributed by atoms with Gasteiger partial charge in [0.05, 0.1) is 6.20 Å². The van der Waals surface area contributed by atoms with E-state index in [2.05, 4.69) is 10.2 Å². The molecule has 0 saturated carbocycles. The molecule has 1 saturated heterocycles. The van der Waals surface area contributed by atoms with E-state index in [-0.39, 0.29) is 18.5 Å². The molecule has 3 rings (SSSR count). The highest BCUT2D eigenvalue weighted by molar-refractivity contribution is 5.89. The van der Waals surface area contributed by atoms with Crippen LogP contribution in [0.3, 0.4) is 0 Å². The van der Waals surface area contributed by atoms with Gasteiger partial charge in [-0.2, -0.15) is 5.10 Å². The van der Waals surface area contributed by atoms with Crippen molar-refractivity contribution >= 4 is 11.9 Å². The first kappa shape index (κ1) is 10.8. The second-order valence-corrected chi connectivity index (χ2v) is 3.94. The Labute approximate surface area is 102 Å². The molecule has 0 bridgehead atoms. The summed E-state index contributed by atoms with van der Waals surface area (Å²) >= 11 is 0. The number of aromatic nitrogens is 2. The van der Waals surface area contributed by atoms with Crippen molar-refractivity contribution < 1.29 is 13.9 Å². The number of carbonyl (C=O) groups is 1. The van der Waals surface area contributed by atoms with E-state index in [9.17, 15) is 9.18 Å². The second-order valence-electron chi connectivity index (χ2n) is 3.94. The maximum atomic E-state index is 13.5. The van der Waals surface area contributed by atoms with E-state index in [1.807, 2.05) is 30.3 Å². The monoisotopic (exact) mass is 247 g/mol. The molecule has 92 valence electrons. The van der Waals surface area contributed by atoms with E-state index in [1.54, 1.807) is 0 Å². The maximum Gasteiger partial charge on any atom is 0.416 e. The smallest absolute Gasteiger partial charge is 0.416 e. The molecule has 1 amide bonds. The molecule has 1 aliphatic rings. The van der Waals surface area contributed by atoms with E-state index < -0.39 is 11.9 Å². The van der Waals surface area contributed by atoms with Gasteiger partial charge in [-0.05, 0) is 5.56 Å². The largest absolute Gasteiger partial charge is 0.447 e. The van der Waals surface area contributed by atoms with Crippen molar-refractivity contribution in [1.29, 1.82) is 0 Å². The van der Waals surface area contributed by atoms with Gasteiger partial charge in [-0.1, -0.05) is 30.3 Å². The van der Waals surface area contributed by atoms with Crippen molar-refractivity contribution in [1.82, 2.24) is 10.2 Å². The molecule has 0 unspecified atom stereocenters. The Kier molecular flexibility index (Phi) is 2.47. The highest BCUT2D eigenvalue weighted by atomic mass is 19.1. The molecule has 1 aliphatic heterocycles. The van der Waals surface area contributed by atoms with Crippen LogP contribution in [0.25, 0.3) is 0 Å². The number of H-pyrrole nitrogens is 1. The molecule has 1 atom stereocenters. The van der Waals surface area contributed by atoms with Crippen molar-refractivity contribution in [2.45, 2.75) is 6.04 Å². The number of halogens is 1. The molecule has 0 radical (unpaired) electrons. The Bertz CT molecular complexity index is 570. The summed E-state index contributed by atoms with van der Waals surface area (Å²) in [5, 5.41) is 6.06. The highest BCUT2D eigenvalue weighted by Gasteiger charge is 2.37. The molecule has 2 heterocycles. The summed E-state index contributed by atoms with van der Waals surface area (Å²) in [5.74, 6) is -0.541. The Morgan fingerprint density at radius 2 is 2.17 bits per heavy atom. The first-order chi connectivity index (χ1) is 8.77. The van der Waals surface area contributed by atoms with E-state index in [1.165, 1.54) is 4.90 Å². The Morgan fingerprint density at radius 1 is 1.39 bits per heavy atom. The van der Waals surface area contributed by atoms with Crippen molar-refractivity contribution in [2.24, 2.45) is 0 Å². The lowest BCUT2D eigenvalue weighted by molar-refractivity contribution is 0.178. The van der Waals surface area contributed by atoms with Gasteiger partial charge < -0.3 is 4.74 Å². The number of cyclic esters (lactones) is 1. The third-order valence-electron chi connectivity index (χ3n) is 2.87. The van der Waals surface area contributed by atoms with E-state index in [0.717, 1.165) is 11.8 Å². The fraction of sp³-hybridized carbons (Fsp3) is 0.167. The van der Waals surface area contributed by atoms with Gasteiger partial charge >= 0.3 is 6.09 Å². The molecule has 2 aromatic rings. The summed E-state index contributed by atoms with van der Waals surface area (Å²) < 4.78 is 18.5. The summed E-state index contributed by atoms with van der Waals surface area (Å²) in [6, 6.07) is 9.00. The van der Waals surface area contributed by atoms with Crippen LogP contribution in [0.2, 0.25) is 0 Å². The number of benzene rings is 1. The topological polar surface area (TPSA) is 58.2 Å². The number of carbonyl (C=O) groups excluding carboxylic acids is 1. The lowest BCUT2D eigenvalue weighted by Gasteiger charge is -2.19. The lowest BCUT2D eigenvalue weighted by atomic mass is 10.1. The molecular weight excluding hydrogens is 237 g/mol. The van der Waals surface area contributed by atoms with Crippen LogP contribution in [-0.4, -0.2) is 22.9 Å². The van der Waals surface area contributed by atoms with Crippen molar-refractivity contribution in [3.05, 3.63) is 47.9 Å². The number of aromatic amines is 1. The Morgan fingerprint density at radius 3 is 2.83 bits per heavy atom. The quantitative estimate of drug-likeness (QED) is 0.885. The summed E-state index contributed by atoms with van der Waals surface area (Å²) in [6.45, 7) is 0.196. The van der Waals surface area contributed by atoms with Crippen LogP contribution in [0.4, 0.5) is 15.0 Å². The minimum absolute atomic E-state index is 0.0337. The molecule has 6 heteroatoms. The van der Waals surface area contributed by atoms with Crippen molar-refractivity contribution in [3.63, 3.8) is 0 Å². The molecular formula is C12H10FN3O2. The van der Waals surface area contributed by atoms with Crippen LogP contribution in [0.15, 0.2) is 36.5 Å². The first-order valence-corrected chi connectivity index (χ1v) is 5.47. The summed E-state index contributed by atoms with van der Waals surface area (Å²) in [5.41, 5.74) is 0.886. The molecule has 1 fully saturated rings. The van der Waals surface area contributed by atoms with Crippen molar-refractivity contribution in [3.8, 4) is 0 Å². The minimum atomic E-state index is -0.577. The molecule has 1 N–H and O–H groups in total. The van der Waals surface area contributed by atoms with Crippen molar-refractivity contribution in [2.75, 3.05) is 11.5 Å². The van der Waals surface area contributed by atoms with Gasteiger partial charge in [0.1, 0.15) is 12.6 Å². The number of hydrogen-bond acceptors (Lipinski definition) is 3. The van der Waals surface area contributed by atoms with Gasteiger partial charge in [0.25, 0.3) is 0 Å². The van der Waals surface area contributed by atoms with Crippen LogP contribution in [0.1, 0.15) is 11.6 Å². The molecule has 1 aromatic heterocycles. The number of amides is 1. The van der Waals surface area contributed by atoms with Crippen LogP contribution in [-0.2, 0) is 4.74 Å². The van der Waals surface area contributed by atoms with Gasteiger partial charge in [-0.25, -0.2) is 14.1 Å². The SMILES string of the molecule is O=C1OC[C@H](c2ccccc2)N1c1[nH]ncc1F. The number of ether oxygens (including phenoxy) is 1. The fourth-order valence-corrected chi connectivity index (χ4v) is 2.02. The normalized spacial score (nSPS) is 19.1. The van der Waals surface area contributed by atoms with E-state index in [4.69, 9.17) is 4.74 Å². The molecule has 5 nitrogen and oxygen atoms in total. The third-order valence-corrected chi connectivity index (χ3v) is 2.87. The zero-order valence-electron chi connectivity index (χ0n) is 9.34. The average Bonchev–Trinajstić information content (AvgIpc) is 2.96. The highest BCUT2D eigenvalue weighted by Crippen LogP contribution is 2.32. The van der Waals surface area contributed by atoms with E-state index >= 15 is 0 Å². The minimum Gasteiger partial charge on any atom is -0.447 e. The average molecular weight is 247 g/mol. The second kappa shape index (κ2) is 4.14. The number of anilines is 1. The maximum absolute atomic E-state index is 13.5. The molecule has 1 aromatic carbocycles. The van der Waals surface area contributed by atoms with Gasteiger partial charge in [0, 0.05) is 0 Å². The summed E-state index contributed by atoms with van der Waals surface area (Å²) in [4.78, 5) is 12.9. The number of nitrogens with one attached hydrogen (secondary N) is 1. The standard InChI is InChI=1S/C12H10FN3O2/c13-9-6-14-15-11(9)16-10(7-18-12(16)17)8-4-2-1-3-5-8/h1-6,10H,7H2,(H,14,15)/t10-/m1/s1. The lowest BCUT2D eigenvalue weighted by Crippen LogP contribution is -2.28. The van der Waals surface area contributed by atoms with Crippen LogP contribution < -0.4 is 4.90 Å². The summed E-state index contributed by atoms with van der Waals surface area (Å²) in [7, 11) is 0. The molecule has 0 spiro atoms. The molecule has 0 aliphatic carbocycles. The predicted molar refractivity (Wildman–Crippen MR) is 61.6 cm³/mol. The number of hydrogen-bond donors (Lipinski definition) is 1. The van der Waals surface area contributed by atoms with E-state index in [0.29, 0.717) is 0 Å². The summed E-state index contributed by atoms with van der Waals surface area (Å²) in [6.07, 6.45) is 0.454. The van der Waals surface area contributed by atoms with Crippen LogP contribution in [0.5, 0.6) is 0 Å². The Hall–Kier alpha value is -2.37. The predicted octanol–water partition coefficient (Wildman–Crippen LogP) is 2.25. The number of nitrogens with zero attached hydrogens (tertiary/aromatic N) is 2. The van der Waals surface area contributed by atoms with Gasteiger partial charge in [0.2, 0.25) is 0 Å².